The topological polar surface area (TPSA) is 39.8 Å². The minimum atomic E-state index is 0.481. The Morgan fingerprint density at radius 2 is 2.06 bits per heavy atom. The van der Waals surface area contributed by atoms with Gasteiger partial charge in [-0.05, 0) is 25.0 Å². The molecule has 0 aromatic carbocycles. The smallest absolute Gasteiger partial charge is 0.151 e. The third-order valence-corrected chi connectivity index (χ3v) is 3.23. The molecule has 18 heavy (non-hydrogen) atoms. The minimum absolute atomic E-state index is 0.481. The van der Waals surface area contributed by atoms with E-state index in [-0.39, 0.29) is 0 Å². The molecule has 96 valence electrons. The fourth-order valence-corrected chi connectivity index (χ4v) is 2.14. The van der Waals surface area contributed by atoms with Gasteiger partial charge in [-0.1, -0.05) is 13.8 Å². The minimum Gasteiger partial charge on any atom is -0.348 e. The van der Waals surface area contributed by atoms with E-state index in [1.807, 2.05) is 40.0 Å². The van der Waals surface area contributed by atoms with Gasteiger partial charge in [0.1, 0.15) is 0 Å². The Bertz CT molecular complexity index is 509. The molecule has 0 fully saturated rings. The number of aromatic nitrogens is 3. The van der Waals surface area contributed by atoms with Crippen LogP contribution in [0.4, 0.5) is 0 Å². The molecule has 0 N–H and O–H groups in total. The molecule has 0 atom stereocenters. The molecule has 0 aliphatic heterocycles. The summed E-state index contributed by atoms with van der Waals surface area (Å²) in [6.07, 6.45) is 8.83. The summed E-state index contributed by atoms with van der Waals surface area (Å²) >= 11 is 0. The average molecular weight is 245 g/mol. The Morgan fingerprint density at radius 3 is 2.67 bits per heavy atom. The Balaban J connectivity index is 2.08. The first-order valence-corrected chi connectivity index (χ1v) is 6.41. The van der Waals surface area contributed by atoms with E-state index in [4.69, 9.17) is 0 Å². The lowest BCUT2D eigenvalue weighted by Gasteiger charge is -2.12. The number of carbonyl (C=O) groups excluding carboxylic acids is 1. The van der Waals surface area contributed by atoms with E-state index < -0.39 is 0 Å². The third kappa shape index (κ3) is 2.70. The van der Waals surface area contributed by atoms with Gasteiger partial charge < -0.3 is 4.57 Å². The van der Waals surface area contributed by atoms with Crippen LogP contribution in [0.3, 0.4) is 0 Å². The van der Waals surface area contributed by atoms with Crippen molar-refractivity contribution >= 4 is 6.29 Å². The maximum absolute atomic E-state index is 10.6. The van der Waals surface area contributed by atoms with Crippen molar-refractivity contribution < 1.29 is 4.79 Å². The van der Waals surface area contributed by atoms with E-state index in [0.717, 1.165) is 24.8 Å². The highest BCUT2D eigenvalue weighted by atomic mass is 16.1. The fraction of sp³-hybridized carbons (Fsp3) is 0.429. The van der Waals surface area contributed by atoms with Crippen LogP contribution in [0.5, 0.6) is 0 Å². The Labute approximate surface area is 107 Å². The first-order valence-electron chi connectivity index (χ1n) is 6.41. The number of carbonyl (C=O) groups is 1. The van der Waals surface area contributed by atoms with Crippen LogP contribution in [0.15, 0.2) is 30.7 Å². The fourth-order valence-electron chi connectivity index (χ4n) is 2.14. The predicted octanol–water partition coefficient (Wildman–Crippen LogP) is 2.91. The number of rotatable bonds is 6. The maximum atomic E-state index is 10.6. The summed E-state index contributed by atoms with van der Waals surface area (Å²) in [6, 6.07) is 4.33. The number of hydrogen-bond acceptors (Lipinski definition) is 2. The molecule has 4 heteroatoms. The van der Waals surface area contributed by atoms with Crippen molar-refractivity contribution in [2.75, 3.05) is 0 Å². The van der Waals surface area contributed by atoms with Crippen molar-refractivity contribution in [2.24, 2.45) is 0 Å². The van der Waals surface area contributed by atoms with E-state index in [1.165, 1.54) is 0 Å². The molecule has 0 aliphatic rings. The number of hydrogen-bond donors (Lipinski definition) is 0. The van der Waals surface area contributed by atoms with Crippen LogP contribution in [0.2, 0.25) is 0 Å². The monoisotopic (exact) mass is 245 g/mol. The van der Waals surface area contributed by atoms with Gasteiger partial charge in [0, 0.05) is 24.2 Å². The van der Waals surface area contributed by atoms with Crippen molar-refractivity contribution in [2.45, 2.75) is 39.3 Å². The third-order valence-electron chi connectivity index (χ3n) is 3.23. The highest BCUT2D eigenvalue weighted by molar-refractivity contribution is 5.74. The summed E-state index contributed by atoms with van der Waals surface area (Å²) in [4.78, 5) is 10.6. The Morgan fingerprint density at radius 1 is 1.28 bits per heavy atom. The van der Waals surface area contributed by atoms with E-state index in [1.54, 1.807) is 0 Å². The second-order valence-corrected chi connectivity index (χ2v) is 4.49. The number of nitrogens with zero attached hydrogens (tertiary/aromatic N) is 3. The summed E-state index contributed by atoms with van der Waals surface area (Å²) in [5.41, 5.74) is 1.73. The molecule has 0 saturated carbocycles. The van der Waals surface area contributed by atoms with Crippen LogP contribution in [-0.4, -0.2) is 20.6 Å². The van der Waals surface area contributed by atoms with E-state index in [2.05, 4.69) is 18.9 Å². The highest BCUT2D eigenvalue weighted by Gasteiger charge is 2.08. The molecule has 2 aromatic rings. The van der Waals surface area contributed by atoms with Crippen LogP contribution in [0.1, 0.15) is 48.8 Å². The van der Waals surface area contributed by atoms with Gasteiger partial charge in [-0.2, -0.15) is 5.10 Å². The summed E-state index contributed by atoms with van der Waals surface area (Å²) < 4.78 is 4.02. The summed E-state index contributed by atoms with van der Waals surface area (Å²) in [6.45, 7) is 5.07. The Hall–Kier alpha value is -1.84. The zero-order valence-electron chi connectivity index (χ0n) is 10.9. The second kappa shape index (κ2) is 5.67. The van der Waals surface area contributed by atoms with Crippen LogP contribution in [0.25, 0.3) is 0 Å². The molecule has 4 nitrogen and oxygen atoms in total. The highest BCUT2D eigenvalue weighted by Crippen LogP contribution is 2.15. The first kappa shape index (κ1) is 12.6. The van der Waals surface area contributed by atoms with Crippen LogP contribution >= 0.6 is 0 Å². The summed E-state index contributed by atoms with van der Waals surface area (Å²) in [7, 11) is 0. The zero-order valence-corrected chi connectivity index (χ0v) is 10.9. The van der Waals surface area contributed by atoms with Crippen LogP contribution in [0, 0.1) is 0 Å². The van der Waals surface area contributed by atoms with Gasteiger partial charge in [-0.15, -0.1) is 0 Å². The second-order valence-electron chi connectivity index (χ2n) is 4.49. The normalized spacial score (nSPS) is 11.1. The predicted molar refractivity (Wildman–Crippen MR) is 70.8 cm³/mol. The first-order chi connectivity index (χ1) is 8.76. The van der Waals surface area contributed by atoms with Crippen molar-refractivity contribution in [1.82, 2.24) is 14.3 Å². The summed E-state index contributed by atoms with van der Waals surface area (Å²) in [5, 5.41) is 4.59. The zero-order chi connectivity index (χ0) is 13.0. The largest absolute Gasteiger partial charge is 0.348 e. The average Bonchev–Trinajstić information content (AvgIpc) is 3.01. The molecule has 0 unspecified atom stereocenters. The van der Waals surface area contributed by atoms with Gasteiger partial charge >= 0.3 is 0 Å². The van der Waals surface area contributed by atoms with Crippen molar-refractivity contribution in [3.8, 4) is 0 Å². The van der Waals surface area contributed by atoms with E-state index in [9.17, 15) is 4.79 Å². The van der Waals surface area contributed by atoms with Crippen LogP contribution in [-0.2, 0) is 6.54 Å². The van der Waals surface area contributed by atoms with E-state index in [0.29, 0.717) is 18.2 Å². The lowest BCUT2D eigenvalue weighted by atomic mass is 10.2. The SMILES string of the molecule is CCC(CC)n1ccc(Cn2ccc(C=O)c2)n1. The lowest BCUT2D eigenvalue weighted by Crippen LogP contribution is -2.08. The number of aldehydes is 1. The molecular weight excluding hydrogens is 226 g/mol. The Kier molecular flexibility index (Phi) is 3.97. The molecule has 0 bridgehead atoms. The van der Waals surface area contributed by atoms with Crippen molar-refractivity contribution in [1.29, 1.82) is 0 Å². The lowest BCUT2D eigenvalue weighted by molar-refractivity contribution is 0.112. The molecular formula is C14H19N3O. The van der Waals surface area contributed by atoms with Gasteiger partial charge in [-0.25, -0.2) is 0 Å². The standard InChI is InChI=1S/C14H19N3O/c1-3-14(4-2)17-8-6-13(15-17)10-16-7-5-12(9-16)11-18/h5-9,11,14H,3-4,10H2,1-2H3. The van der Waals surface area contributed by atoms with Crippen molar-refractivity contribution in [3.63, 3.8) is 0 Å². The summed E-state index contributed by atoms with van der Waals surface area (Å²) in [5.74, 6) is 0. The van der Waals surface area contributed by atoms with Gasteiger partial charge in [0.2, 0.25) is 0 Å². The maximum Gasteiger partial charge on any atom is 0.151 e. The molecule has 2 heterocycles. The molecule has 2 rings (SSSR count). The van der Waals surface area contributed by atoms with Gasteiger partial charge in [-0.3, -0.25) is 9.48 Å². The van der Waals surface area contributed by atoms with Crippen molar-refractivity contribution in [3.05, 3.63) is 42.0 Å². The van der Waals surface area contributed by atoms with Crippen LogP contribution < -0.4 is 0 Å². The molecule has 0 radical (unpaired) electrons. The van der Waals surface area contributed by atoms with Gasteiger partial charge in [0.15, 0.2) is 6.29 Å². The quantitative estimate of drug-likeness (QED) is 0.734. The molecule has 0 amide bonds. The molecule has 2 aromatic heterocycles. The molecule has 0 aliphatic carbocycles. The van der Waals surface area contributed by atoms with Gasteiger partial charge in [0.05, 0.1) is 18.3 Å². The van der Waals surface area contributed by atoms with E-state index >= 15 is 0 Å². The van der Waals surface area contributed by atoms with Gasteiger partial charge in [0.25, 0.3) is 0 Å². The molecule has 0 spiro atoms. The molecule has 0 saturated heterocycles.